The fraction of sp³-hybridized carbons (Fsp3) is 0.708. The Bertz CT molecular complexity index is 776. The Morgan fingerprint density at radius 2 is 2.10 bits per heavy atom. The van der Waals surface area contributed by atoms with Gasteiger partial charge in [-0.25, -0.2) is 0 Å². The van der Waals surface area contributed by atoms with Crippen LogP contribution in [0.15, 0.2) is 18.2 Å². The van der Waals surface area contributed by atoms with Crippen molar-refractivity contribution in [1.29, 1.82) is 0 Å². The number of carbonyl (C=O) groups excluding carboxylic acids is 1. The molecule has 5 nitrogen and oxygen atoms in total. The second-order valence-electron chi connectivity index (χ2n) is 9.83. The Hall–Kier alpha value is -1.59. The van der Waals surface area contributed by atoms with Crippen LogP contribution in [0, 0.1) is 29.6 Å². The molecule has 1 saturated heterocycles. The summed E-state index contributed by atoms with van der Waals surface area (Å²) in [5, 5.41) is 3.43. The topological polar surface area (TPSA) is 56.8 Å². The van der Waals surface area contributed by atoms with Crippen molar-refractivity contribution in [3.8, 4) is 5.75 Å². The zero-order chi connectivity index (χ0) is 20.8. The number of hydrogen-bond acceptors (Lipinski definition) is 4. The summed E-state index contributed by atoms with van der Waals surface area (Å²) in [6, 6.07) is 6.58. The van der Waals surface area contributed by atoms with Crippen LogP contribution in [-0.4, -0.2) is 39.4 Å². The van der Waals surface area contributed by atoms with Crippen LogP contribution in [0.5, 0.6) is 5.75 Å². The summed E-state index contributed by atoms with van der Waals surface area (Å²) in [6.07, 6.45) is 3.78. The van der Waals surface area contributed by atoms with Gasteiger partial charge < -0.3 is 19.5 Å². The number of ether oxygens (including phenoxy) is 3. The van der Waals surface area contributed by atoms with Crippen molar-refractivity contribution in [2.75, 3.05) is 27.4 Å². The van der Waals surface area contributed by atoms with E-state index >= 15 is 0 Å². The summed E-state index contributed by atoms with van der Waals surface area (Å²) < 4.78 is 17.2. The molecule has 3 aliphatic rings. The summed E-state index contributed by atoms with van der Waals surface area (Å²) in [7, 11) is 3.38. The third-order valence-corrected chi connectivity index (χ3v) is 8.04. The lowest BCUT2D eigenvalue weighted by Gasteiger charge is -2.53. The molecule has 4 rings (SSSR count). The minimum atomic E-state index is 0.0266. The lowest BCUT2D eigenvalue weighted by Crippen LogP contribution is -2.59. The maximum Gasteiger partial charge on any atom is 0.222 e. The molecule has 2 saturated carbocycles. The smallest absolute Gasteiger partial charge is 0.222 e. The monoisotopic (exact) mass is 401 g/mol. The number of carbonyl (C=O) groups is 1. The third kappa shape index (κ3) is 3.27. The fourth-order valence-corrected chi connectivity index (χ4v) is 6.58. The van der Waals surface area contributed by atoms with E-state index < -0.39 is 0 Å². The molecule has 1 unspecified atom stereocenters. The van der Waals surface area contributed by atoms with Crippen molar-refractivity contribution in [1.82, 2.24) is 5.32 Å². The van der Waals surface area contributed by atoms with E-state index in [0.717, 1.165) is 30.8 Å². The number of nitrogens with one attached hydrogen (secondary N) is 1. The van der Waals surface area contributed by atoms with Crippen molar-refractivity contribution < 1.29 is 19.0 Å². The maximum atomic E-state index is 12.6. The van der Waals surface area contributed by atoms with Gasteiger partial charge >= 0.3 is 0 Å². The summed E-state index contributed by atoms with van der Waals surface area (Å²) in [4.78, 5) is 12.6. The number of methoxy groups -OCH3 is 2. The van der Waals surface area contributed by atoms with Crippen LogP contribution in [0.4, 0.5) is 0 Å². The normalized spacial score (nSPS) is 34.7. The van der Waals surface area contributed by atoms with E-state index in [1.54, 1.807) is 14.2 Å². The first-order valence-corrected chi connectivity index (χ1v) is 10.9. The van der Waals surface area contributed by atoms with E-state index in [-0.39, 0.29) is 28.9 Å². The van der Waals surface area contributed by atoms with Crippen LogP contribution in [0.25, 0.3) is 0 Å². The predicted octanol–water partition coefficient (Wildman–Crippen LogP) is 4.04. The lowest BCUT2D eigenvalue weighted by molar-refractivity contribution is -0.138. The average Bonchev–Trinajstić information content (AvgIpc) is 3.19. The van der Waals surface area contributed by atoms with E-state index in [2.05, 4.69) is 44.3 Å². The first kappa shape index (κ1) is 20.7. The van der Waals surface area contributed by atoms with Crippen LogP contribution in [0.3, 0.4) is 0 Å². The Labute approximate surface area is 174 Å². The molecule has 1 aliphatic heterocycles. The highest BCUT2D eigenvalue weighted by atomic mass is 16.5. The summed E-state index contributed by atoms with van der Waals surface area (Å²) in [5.74, 6) is 2.01. The average molecular weight is 402 g/mol. The molecule has 1 heterocycles. The third-order valence-electron chi connectivity index (χ3n) is 8.04. The number of rotatable bonds is 6. The van der Waals surface area contributed by atoms with Crippen LogP contribution in [0.2, 0.25) is 0 Å². The standard InChI is InChI=1S/C24H35NO4/c1-15-6-7-17(19(12-15)28-5)21-18-13-16-14-24(18,9-11-29-21)22(23(16,2)3)25-20(26)8-10-27-4/h6-7,12,16,18,21-22H,8-11,13-14H2,1-5H3,(H,25,26)/t16-,18-,21-,22+,24?/m1/s1. The highest BCUT2D eigenvalue weighted by Gasteiger charge is 2.68. The van der Waals surface area contributed by atoms with Gasteiger partial charge in [0.05, 0.1) is 19.8 Å². The molecular formula is C24H35NO4. The van der Waals surface area contributed by atoms with E-state index in [0.29, 0.717) is 24.9 Å². The van der Waals surface area contributed by atoms with Gasteiger partial charge in [0.15, 0.2) is 0 Å². The fourth-order valence-electron chi connectivity index (χ4n) is 6.58. The lowest BCUT2D eigenvalue weighted by atomic mass is 9.58. The minimum absolute atomic E-state index is 0.0266. The molecule has 2 aliphatic carbocycles. The van der Waals surface area contributed by atoms with E-state index in [1.165, 1.54) is 12.0 Å². The zero-order valence-corrected chi connectivity index (χ0v) is 18.4. The second kappa shape index (κ2) is 7.59. The molecule has 5 atom stereocenters. The van der Waals surface area contributed by atoms with Gasteiger partial charge in [-0.2, -0.15) is 0 Å². The van der Waals surface area contributed by atoms with E-state index in [4.69, 9.17) is 14.2 Å². The first-order valence-electron chi connectivity index (χ1n) is 10.9. The number of aryl methyl sites for hydroxylation is 1. The highest BCUT2D eigenvalue weighted by molar-refractivity contribution is 5.76. The molecule has 0 aromatic heterocycles. The first-order chi connectivity index (χ1) is 13.8. The molecule has 3 fully saturated rings. The Balaban J connectivity index is 1.66. The van der Waals surface area contributed by atoms with Gasteiger partial charge in [-0.15, -0.1) is 0 Å². The van der Waals surface area contributed by atoms with Crippen molar-refractivity contribution in [2.24, 2.45) is 22.7 Å². The number of amides is 1. The van der Waals surface area contributed by atoms with Gasteiger partial charge in [0.1, 0.15) is 5.75 Å². The molecule has 5 heteroatoms. The van der Waals surface area contributed by atoms with Gasteiger partial charge in [0, 0.05) is 31.7 Å². The SMILES string of the molecule is COCCC(=O)N[C@H]1C(C)(C)[C@@H]2C[C@@H]3[C@@H](c4ccc(C)cc4OC)OCCC31C2. The number of hydrogen-bond donors (Lipinski definition) is 1. The van der Waals surface area contributed by atoms with E-state index in [1.807, 2.05) is 0 Å². The van der Waals surface area contributed by atoms with Crippen molar-refractivity contribution in [3.05, 3.63) is 29.3 Å². The van der Waals surface area contributed by atoms with Crippen molar-refractivity contribution >= 4 is 5.91 Å². The van der Waals surface area contributed by atoms with Crippen LogP contribution in [-0.2, 0) is 14.3 Å². The number of fused-ring (bicyclic) bond motifs is 1. The van der Waals surface area contributed by atoms with Crippen LogP contribution >= 0.6 is 0 Å². The second-order valence-corrected chi connectivity index (χ2v) is 9.83. The molecule has 2 bridgehead atoms. The van der Waals surface area contributed by atoms with Gasteiger partial charge in [-0.05, 0) is 60.5 Å². The molecule has 0 radical (unpaired) electrons. The van der Waals surface area contributed by atoms with Crippen LogP contribution in [0.1, 0.15) is 56.8 Å². The molecule has 1 N–H and O–H groups in total. The molecule has 1 aromatic rings. The molecule has 1 spiro atoms. The summed E-state index contributed by atoms with van der Waals surface area (Å²) >= 11 is 0. The van der Waals surface area contributed by atoms with Gasteiger partial charge in [0.25, 0.3) is 0 Å². The molecule has 1 amide bonds. The highest BCUT2D eigenvalue weighted by Crippen LogP contribution is 2.70. The Morgan fingerprint density at radius 3 is 2.83 bits per heavy atom. The Kier molecular flexibility index (Phi) is 5.41. The van der Waals surface area contributed by atoms with Gasteiger partial charge in [-0.1, -0.05) is 26.0 Å². The molecule has 1 aromatic carbocycles. The van der Waals surface area contributed by atoms with Gasteiger partial charge in [0.2, 0.25) is 5.91 Å². The molecule has 160 valence electrons. The summed E-state index contributed by atoms with van der Waals surface area (Å²) in [6.45, 7) is 7.94. The Morgan fingerprint density at radius 1 is 1.31 bits per heavy atom. The van der Waals surface area contributed by atoms with Crippen LogP contribution < -0.4 is 10.1 Å². The van der Waals surface area contributed by atoms with Crippen molar-refractivity contribution in [2.45, 2.75) is 58.6 Å². The minimum Gasteiger partial charge on any atom is -0.496 e. The zero-order valence-electron chi connectivity index (χ0n) is 18.4. The van der Waals surface area contributed by atoms with Crippen molar-refractivity contribution in [3.63, 3.8) is 0 Å². The number of benzene rings is 1. The quantitative estimate of drug-likeness (QED) is 0.782. The largest absolute Gasteiger partial charge is 0.496 e. The molecule has 29 heavy (non-hydrogen) atoms. The predicted molar refractivity (Wildman–Crippen MR) is 112 cm³/mol. The summed E-state index contributed by atoms with van der Waals surface area (Å²) in [5.41, 5.74) is 2.53. The maximum absolute atomic E-state index is 12.6. The van der Waals surface area contributed by atoms with Gasteiger partial charge in [-0.3, -0.25) is 4.79 Å². The molecular weight excluding hydrogens is 366 g/mol. The van der Waals surface area contributed by atoms with E-state index in [9.17, 15) is 4.79 Å².